The zero-order chi connectivity index (χ0) is 14.5. The number of oxime groups is 1. The van der Waals surface area contributed by atoms with Crippen LogP contribution in [0.25, 0.3) is 0 Å². The third-order valence-electron chi connectivity index (χ3n) is 4.26. The quantitative estimate of drug-likeness (QED) is 0.347. The van der Waals surface area contributed by atoms with Gasteiger partial charge in [-0.1, -0.05) is 38.3 Å². The molecule has 0 heterocycles. The molecule has 0 bridgehead atoms. The number of carbonyl (C=O) groups is 1. The molecule has 1 unspecified atom stereocenters. The van der Waals surface area contributed by atoms with Crippen molar-refractivity contribution in [1.82, 2.24) is 4.90 Å². The van der Waals surface area contributed by atoms with Crippen LogP contribution < -0.4 is 5.73 Å². The summed E-state index contributed by atoms with van der Waals surface area (Å²) in [4.78, 5) is 14.5. The van der Waals surface area contributed by atoms with Crippen LogP contribution in [0.15, 0.2) is 5.16 Å². The van der Waals surface area contributed by atoms with E-state index in [2.05, 4.69) is 12.1 Å². The molecule has 1 saturated carbocycles. The molecule has 0 aliphatic heterocycles. The molecule has 1 rings (SSSR count). The Labute approximate surface area is 115 Å². The summed E-state index contributed by atoms with van der Waals surface area (Å²) in [6, 6.07) is 0. The van der Waals surface area contributed by atoms with Gasteiger partial charge in [0.25, 0.3) is 0 Å². The minimum absolute atomic E-state index is 0.124. The molecule has 1 fully saturated rings. The molecule has 3 N–H and O–H groups in total. The van der Waals surface area contributed by atoms with Crippen LogP contribution in [0.5, 0.6) is 0 Å². The maximum atomic E-state index is 12.7. The molecule has 110 valence electrons. The SMILES string of the molecule is CCN(CC(C)C(N)=NO)C(=O)C1(C)CCCCC1. The fourth-order valence-corrected chi connectivity index (χ4v) is 2.81. The van der Waals surface area contributed by atoms with Crippen LogP contribution in [0.3, 0.4) is 0 Å². The van der Waals surface area contributed by atoms with Crippen molar-refractivity contribution in [2.75, 3.05) is 13.1 Å². The molecule has 1 aliphatic rings. The first-order valence-electron chi connectivity index (χ1n) is 7.21. The second-order valence-corrected chi connectivity index (χ2v) is 5.89. The van der Waals surface area contributed by atoms with Gasteiger partial charge in [0.15, 0.2) is 0 Å². The molecule has 1 aliphatic carbocycles. The molecule has 19 heavy (non-hydrogen) atoms. The Balaban J connectivity index is 2.71. The van der Waals surface area contributed by atoms with Gasteiger partial charge in [-0.05, 0) is 19.8 Å². The van der Waals surface area contributed by atoms with Crippen LogP contribution in [-0.2, 0) is 4.79 Å². The fourth-order valence-electron chi connectivity index (χ4n) is 2.81. The maximum Gasteiger partial charge on any atom is 0.228 e. The van der Waals surface area contributed by atoms with Crippen molar-refractivity contribution in [2.45, 2.75) is 52.9 Å². The van der Waals surface area contributed by atoms with Gasteiger partial charge in [0.2, 0.25) is 5.91 Å². The Bertz CT molecular complexity index is 336. The minimum atomic E-state index is -0.223. The van der Waals surface area contributed by atoms with Crippen molar-refractivity contribution in [2.24, 2.45) is 22.2 Å². The van der Waals surface area contributed by atoms with Gasteiger partial charge in [0, 0.05) is 24.4 Å². The van der Waals surface area contributed by atoms with Gasteiger partial charge in [0.1, 0.15) is 5.84 Å². The van der Waals surface area contributed by atoms with Crippen molar-refractivity contribution >= 4 is 11.7 Å². The second kappa shape index (κ2) is 6.78. The third kappa shape index (κ3) is 3.85. The van der Waals surface area contributed by atoms with Crippen LogP contribution in [-0.4, -0.2) is 34.9 Å². The molecule has 5 nitrogen and oxygen atoms in total. The van der Waals surface area contributed by atoms with Crippen LogP contribution in [0.4, 0.5) is 0 Å². The van der Waals surface area contributed by atoms with Gasteiger partial charge in [0.05, 0.1) is 0 Å². The smallest absolute Gasteiger partial charge is 0.228 e. The van der Waals surface area contributed by atoms with Crippen molar-refractivity contribution in [3.63, 3.8) is 0 Å². The van der Waals surface area contributed by atoms with Gasteiger partial charge in [-0.15, -0.1) is 0 Å². The summed E-state index contributed by atoms with van der Waals surface area (Å²) in [6.45, 7) is 7.10. The number of hydrogen-bond acceptors (Lipinski definition) is 3. The van der Waals surface area contributed by atoms with Gasteiger partial charge in [-0.25, -0.2) is 0 Å². The lowest BCUT2D eigenvalue weighted by Crippen LogP contribution is -2.46. The molecule has 0 saturated heterocycles. The summed E-state index contributed by atoms with van der Waals surface area (Å²) in [6.07, 6.45) is 5.45. The first-order chi connectivity index (χ1) is 8.94. The fraction of sp³-hybridized carbons (Fsp3) is 0.857. The van der Waals surface area contributed by atoms with E-state index in [-0.39, 0.29) is 23.1 Å². The highest BCUT2D eigenvalue weighted by molar-refractivity contribution is 5.85. The lowest BCUT2D eigenvalue weighted by Gasteiger charge is -2.37. The molecule has 0 aromatic heterocycles. The predicted octanol–water partition coefficient (Wildman–Crippen LogP) is 2.19. The zero-order valence-corrected chi connectivity index (χ0v) is 12.4. The molecular formula is C14H27N3O2. The van der Waals surface area contributed by atoms with Crippen molar-refractivity contribution in [3.8, 4) is 0 Å². The summed E-state index contributed by atoms with van der Waals surface area (Å²) in [5, 5.41) is 11.7. The summed E-state index contributed by atoms with van der Waals surface area (Å²) in [5.74, 6) is 0.272. The molecule has 0 aromatic rings. The first-order valence-corrected chi connectivity index (χ1v) is 7.21. The van der Waals surface area contributed by atoms with E-state index in [9.17, 15) is 4.79 Å². The largest absolute Gasteiger partial charge is 0.409 e. The lowest BCUT2D eigenvalue weighted by molar-refractivity contribution is -0.143. The van der Waals surface area contributed by atoms with Gasteiger partial charge >= 0.3 is 0 Å². The summed E-state index contributed by atoms with van der Waals surface area (Å²) in [5.41, 5.74) is 5.37. The average Bonchev–Trinajstić information content (AvgIpc) is 2.43. The highest BCUT2D eigenvalue weighted by Crippen LogP contribution is 2.37. The van der Waals surface area contributed by atoms with Gasteiger partial charge in [-0.3, -0.25) is 4.79 Å². The second-order valence-electron chi connectivity index (χ2n) is 5.89. The average molecular weight is 269 g/mol. The van der Waals surface area contributed by atoms with Crippen LogP contribution in [0.1, 0.15) is 52.9 Å². The van der Waals surface area contributed by atoms with Gasteiger partial charge in [-0.2, -0.15) is 0 Å². The van der Waals surface area contributed by atoms with E-state index in [1.54, 1.807) is 0 Å². The molecule has 0 spiro atoms. The van der Waals surface area contributed by atoms with E-state index >= 15 is 0 Å². The predicted molar refractivity (Wildman–Crippen MR) is 76.0 cm³/mol. The molecule has 0 radical (unpaired) electrons. The highest BCUT2D eigenvalue weighted by Gasteiger charge is 2.37. The van der Waals surface area contributed by atoms with E-state index in [4.69, 9.17) is 10.9 Å². The monoisotopic (exact) mass is 269 g/mol. The molecule has 1 amide bonds. The van der Waals surface area contributed by atoms with Crippen LogP contribution >= 0.6 is 0 Å². The summed E-state index contributed by atoms with van der Waals surface area (Å²) in [7, 11) is 0. The Kier molecular flexibility index (Phi) is 5.63. The van der Waals surface area contributed by atoms with E-state index in [1.807, 2.05) is 18.7 Å². The molecule has 5 heteroatoms. The number of amidine groups is 1. The third-order valence-corrected chi connectivity index (χ3v) is 4.26. The van der Waals surface area contributed by atoms with Crippen molar-refractivity contribution in [3.05, 3.63) is 0 Å². The number of amides is 1. The Hall–Kier alpha value is -1.26. The minimum Gasteiger partial charge on any atom is -0.409 e. The van der Waals surface area contributed by atoms with E-state index in [1.165, 1.54) is 6.42 Å². The van der Waals surface area contributed by atoms with Crippen LogP contribution in [0.2, 0.25) is 0 Å². The molecular weight excluding hydrogens is 242 g/mol. The highest BCUT2D eigenvalue weighted by atomic mass is 16.4. The van der Waals surface area contributed by atoms with E-state index < -0.39 is 0 Å². The lowest BCUT2D eigenvalue weighted by atomic mass is 9.74. The maximum absolute atomic E-state index is 12.7. The normalized spacial score (nSPS) is 20.9. The number of nitrogens with two attached hydrogens (primary N) is 1. The standard InChI is InChI=1S/C14H27N3O2/c1-4-17(10-11(2)12(15)16-19)13(18)14(3)8-6-5-7-9-14/h11,19H,4-10H2,1-3H3,(H2,15,16). The molecule has 0 aromatic carbocycles. The number of hydrogen-bond donors (Lipinski definition) is 2. The summed E-state index contributed by atoms with van der Waals surface area (Å²) < 4.78 is 0. The summed E-state index contributed by atoms with van der Waals surface area (Å²) >= 11 is 0. The van der Waals surface area contributed by atoms with Crippen LogP contribution in [0, 0.1) is 11.3 Å². The zero-order valence-electron chi connectivity index (χ0n) is 12.4. The number of carbonyl (C=O) groups excluding carboxylic acids is 1. The van der Waals surface area contributed by atoms with E-state index in [0.29, 0.717) is 13.1 Å². The van der Waals surface area contributed by atoms with Crippen molar-refractivity contribution < 1.29 is 10.0 Å². The van der Waals surface area contributed by atoms with Crippen molar-refractivity contribution in [1.29, 1.82) is 0 Å². The Morgan fingerprint density at radius 1 is 1.42 bits per heavy atom. The van der Waals surface area contributed by atoms with Gasteiger partial charge < -0.3 is 15.8 Å². The Morgan fingerprint density at radius 2 is 2.00 bits per heavy atom. The number of rotatable bonds is 5. The number of nitrogens with zero attached hydrogens (tertiary/aromatic N) is 2. The Morgan fingerprint density at radius 3 is 2.47 bits per heavy atom. The first kappa shape index (κ1) is 15.8. The molecule has 1 atom stereocenters. The van der Waals surface area contributed by atoms with E-state index in [0.717, 1.165) is 25.7 Å². The topological polar surface area (TPSA) is 78.9 Å².